The molecule has 0 bridgehead atoms. The molecule has 146 valence electrons. The van der Waals surface area contributed by atoms with Gasteiger partial charge in [0.05, 0.1) is 25.5 Å². The molecule has 2 aromatic rings. The maximum atomic E-state index is 12.6. The number of ether oxygens (including phenoxy) is 2. The van der Waals surface area contributed by atoms with Gasteiger partial charge in [0.2, 0.25) is 5.91 Å². The summed E-state index contributed by atoms with van der Waals surface area (Å²) in [4.78, 5) is 16.7. The Bertz CT molecular complexity index is 868. The van der Waals surface area contributed by atoms with Gasteiger partial charge in [-0.1, -0.05) is 18.2 Å². The third kappa shape index (κ3) is 4.37. The van der Waals surface area contributed by atoms with Crippen LogP contribution >= 0.6 is 0 Å². The summed E-state index contributed by atoms with van der Waals surface area (Å²) < 4.78 is 10.6. The number of hydrogen-bond acceptors (Lipinski definition) is 5. The highest BCUT2D eigenvalue weighted by molar-refractivity contribution is 5.77. The maximum Gasteiger partial charge on any atom is 0.223 e. The molecule has 0 aromatic heterocycles. The molecule has 28 heavy (non-hydrogen) atoms. The first-order chi connectivity index (χ1) is 13.7. The summed E-state index contributed by atoms with van der Waals surface area (Å²) in [6.07, 6.45) is 1.13. The van der Waals surface area contributed by atoms with Crippen LogP contribution in [0.4, 0.5) is 5.69 Å². The number of carbonyl (C=O) groups excluding carboxylic acids is 1. The first-order valence-corrected chi connectivity index (χ1v) is 9.39. The van der Waals surface area contributed by atoms with Crippen molar-refractivity contribution in [2.24, 2.45) is 0 Å². The molecule has 0 atom stereocenters. The molecule has 0 aliphatic carbocycles. The van der Waals surface area contributed by atoms with Crippen LogP contribution in [-0.2, 0) is 11.2 Å². The largest absolute Gasteiger partial charge is 0.493 e. The van der Waals surface area contributed by atoms with Crippen LogP contribution < -0.4 is 14.4 Å². The van der Waals surface area contributed by atoms with E-state index in [0.717, 1.165) is 24.3 Å². The van der Waals surface area contributed by atoms with Crippen LogP contribution in [0.1, 0.15) is 17.5 Å². The number of piperazine rings is 1. The van der Waals surface area contributed by atoms with Gasteiger partial charge in [0.15, 0.2) is 11.5 Å². The summed E-state index contributed by atoms with van der Waals surface area (Å²) in [5.41, 5.74) is 2.67. The molecule has 1 heterocycles. The molecule has 1 saturated heterocycles. The fraction of sp³-hybridized carbons (Fsp3) is 0.364. The van der Waals surface area contributed by atoms with E-state index in [1.807, 2.05) is 47.4 Å². The minimum Gasteiger partial charge on any atom is -0.493 e. The lowest BCUT2D eigenvalue weighted by Crippen LogP contribution is -2.49. The highest BCUT2D eigenvalue weighted by atomic mass is 16.5. The first kappa shape index (κ1) is 19.6. The van der Waals surface area contributed by atoms with Gasteiger partial charge in [-0.2, -0.15) is 5.26 Å². The molecule has 1 amide bonds. The fourth-order valence-corrected chi connectivity index (χ4v) is 3.49. The van der Waals surface area contributed by atoms with E-state index in [2.05, 4.69) is 11.0 Å². The SMILES string of the molecule is COc1ccc(CCC(=O)N2CCN(c3ccccc3C#N)CC2)cc1OC. The third-order valence-electron chi connectivity index (χ3n) is 5.07. The number of rotatable bonds is 6. The smallest absolute Gasteiger partial charge is 0.223 e. The Morgan fingerprint density at radius 1 is 1.04 bits per heavy atom. The summed E-state index contributed by atoms with van der Waals surface area (Å²) in [5.74, 6) is 1.52. The molecule has 0 unspecified atom stereocenters. The minimum absolute atomic E-state index is 0.156. The number of benzene rings is 2. The predicted molar refractivity (Wildman–Crippen MR) is 108 cm³/mol. The number of nitrogens with zero attached hydrogens (tertiary/aromatic N) is 3. The van der Waals surface area contributed by atoms with Crippen LogP contribution in [0.15, 0.2) is 42.5 Å². The number of anilines is 1. The number of methoxy groups -OCH3 is 2. The standard InChI is InChI=1S/C22H25N3O3/c1-27-20-9-7-17(15-21(20)28-2)8-10-22(26)25-13-11-24(12-14-25)19-6-4-3-5-18(19)16-23/h3-7,9,15H,8,10-14H2,1-2H3. The Morgan fingerprint density at radius 2 is 1.75 bits per heavy atom. The van der Waals surface area contributed by atoms with Crippen molar-refractivity contribution in [2.45, 2.75) is 12.8 Å². The van der Waals surface area contributed by atoms with Crippen molar-refractivity contribution in [1.82, 2.24) is 4.90 Å². The van der Waals surface area contributed by atoms with E-state index in [1.54, 1.807) is 14.2 Å². The zero-order valence-electron chi connectivity index (χ0n) is 16.4. The molecule has 1 fully saturated rings. The Balaban J connectivity index is 1.54. The van der Waals surface area contributed by atoms with Crippen molar-refractivity contribution in [1.29, 1.82) is 5.26 Å². The van der Waals surface area contributed by atoms with Gasteiger partial charge < -0.3 is 19.3 Å². The van der Waals surface area contributed by atoms with Crippen LogP contribution in [0.25, 0.3) is 0 Å². The van der Waals surface area contributed by atoms with E-state index in [9.17, 15) is 10.1 Å². The predicted octanol–water partition coefficient (Wildman–Crippen LogP) is 2.86. The second kappa shape index (κ2) is 9.14. The van der Waals surface area contributed by atoms with Crippen molar-refractivity contribution in [3.05, 3.63) is 53.6 Å². The highest BCUT2D eigenvalue weighted by Gasteiger charge is 2.22. The van der Waals surface area contributed by atoms with Crippen molar-refractivity contribution in [3.8, 4) is 17.6 Å². The van der Waals surface area contributed by atoms with E-state index in [1.165, 1.54) is 0 Å². The van der Waals surface area contributed by atoms with Crippen LogP contribution in [0, 0.1) is 11.3 Å². The van der Waals surface area contributed by atoms with Gasteiger partial charge in [0, 0.05) is 32.6 Å². The molecule has 6 nitrogen and oxygen atoms in total. The number of nitriles is 1. The van der Waals surface area contributed by atoms with E-state index in [-0.39, 0.29) is 5.91 Å². The van der Waals surface area contributed by atoms with Gasteiger partial charge >= 0.3 is 0 Å². The Kier molecular flexibility index (Phi) is 6.38. The van der Waals surface area contributed by atoms with Crippen LogP contribution in [-0.4, -0.2) is 51.2 Å². The fourth-order valence-electron chi connectivity index (χ4n) is 3.49. The van der Waals surface area contributed by atoms with E-state index in [0.29, 0.717) is 43.0 Å². The second-order valence-electron chi connectivity index (χ2n) is 6.69. The summed E-state index contributed by atoms with van der Waals surface area (Å²) >= 11 is 0. The van der Waals surface area contributed by atoms with Crippen LogP contribution in [0.3, 0.4) is 0 Å². The first-order valence-electron chi connectivity index (χ1n) is 9.39. The van der Waals surface area contributed by atoms with Crippen molar-refractivity contribution < 1.29 is 14.3 Å². The van der Waals surface area contributed by atoms with Crippen LogP contribution in [0.5, 0.6) is 11.5 Å². The average Bonchev–Trinajstić information content (AvgIpc) is 2.77. The van der Waals surface area contributed by atoms with Crippen molar-refractivity contribution in [3.63, 3.8) is 0 Å². The van der Waals surface area contributed by atoms with Gasteiger partial charge in [0.25, 0.3) is 0 Å². The molecule has 1 aliphatic heterocycles. The zero-order chi connectivity index (χ0) is 19.9. The van der Waals surface area contributed by atoms with E-state index < -0.39 is 0 Å². The molecule has 0 spiro atoms. The Labute approximate surface area is 165 Å². The van der Waals surface area contributed by atoms with Gasteiger partial charge in [-0.25, -0.2) is 0 Å². The quantitative estimate of drug-likeness (QED) is 0.772. The summed E-state index contributed by atoms with van der Waals surface area (Å²) in [5, 5.41) is 9.28. The molecule has 2 aromatic carbocycles. The summed E-state index contributed by atoms with van der Waals surface area (Å²) in [6.45, 7) is 2.82. The molecular formula is C22H25N3O3. The van der Waals surface area contributed by atoms with E-state index >= 15 is 0 Å². The molecule has 0 radical (unpaired) electrons. The second-order valence-corrected chi connectivity index (χ2v) is 6.69. The normalized spacial score (nSPS) is 13.8. The summed E-state index contributed by atoms with van der Waals surface area (Å²) in [7, 11) is 3.21. The average molecular weight is 379 g/mol. The van der Waals surface area contributed by atoms with Gasteiger partial charge in [-0.3, -0.25) is 4.79 Å². The Morgan fingerprint density at radius 3 is 2.43 bits per heavy atom. The molecule has 0 saturated carbocycles. The molecular weight excluding hydrogens is 354 g/mol. The van der Waals surface area contributed by atoms with Gasteiger partial charge in [-0.15, -0.1) is 0 Å². The molecule has 6 heteroatoms. The number of para-hydroxylation sites is 1. The minimum atomic E-state index is 0.156. The lowest BCUT2D eigenvalue weighted by atomic mass is 10.1. The zero-order valence-corrected chi connectivity index (χ0v) is 16.4. The maximum absolute atomic E-state index is 12.6. The topological polar surface area (TPSA) is 65.8 Å². The summed E-state index contributed by atoms with van der Waals surface area (Å²) in [6, 6.07) is 15.6. The highest BCUT2D eigenvalue weighted by Crippen LogP contribution is 2.28. The third-order valence-corrected chi connectivity index (χ3v) is 5.07. The molecule has 1 aliphatic rings. The number of carbonyl (C=O) groups is 1. The van der Waals surface area contributed by atoms with Crippen molar-refractivity contribution >= 4 is 11.6 Å². The molecule has 3 rings (SSSR count). The van der Waals surface area contributed by atoms with Gasteiger partial charge in [0.1, 0.15) is 6.07 Å². The number of aryl methyl sites for hydroxylation is 1. The Hall–Kier alpha value is -3.20. The van der Waals surface area contributed by atoms with Gasteiger partial charge in [-0.05, 0) is 36.2 Å². The lowest BCUT2D eigenvalue weighted by Gasteiger charge is -2.36. The van der Waals surface area contributed by atoms with E-state index in [4.69, 9.17) is 9.47 Å². The lowest BCUT2D eigenvalue weighted by molar-refractivity contribution is -0.131. The number of amides is 1. The van der Waals surface area contributed by atoms with Crippen LogP contribution in [0.2, 0.25) is 0 Å². The monoisotopic (exact) mass is 379 g/mol. The molecule has 0 N–H and O–H groups in total. The van der Waals surface area contributed by atoms with Crippen molar-refractivity contribution in [2.75, 3.05) is 45.3 Å². The number of hydrogen-bond donors (Lipinski definition) is 0.